The molecule has 0 atom stereocenters. The number of ether oxygens (including phenoxy) is 1. The van der Waals surface area contributed by atoms with Gasteiger partial charge in [-0.3, -0.25) is 4.79 Å². The van der Waals surface area contributed by atoms with Crippen LogP contribution in [0.3, 0.4) is 0 Å². The van der Waals surface area contributed by atoms with E-state index < -0.39 is 5.41 Å². The first-order valence-corrected chi connectivity index (χ1v) is 7.63. The Morgan fingerprint density at radius 2 is 2.04 bits per heavy atom. The van der Waals surface area contributed by atoms with Crippen LogP contribution in [0.4, 0.5) is 0 Å². The number of hydrogen-bond acceptors (Lipinski definition) is 4. The lowest BCUT2D eigenvalue weighted by atomic mass is 10.0. The number of rotatable bonds is 4. The third-order valence-corrected chi connectivity index (χ3v) is 4.31. The summed E-state index contributed by atoms with van der Waals surface area (Å²) in [6.07, 6.45) is 1.65. The fourth-order valence-electron chi connectivity index (χ4n) is 2.54. The van der Waals surface area contributed by atoms with Crippen LogP contribution in [-0.4, -0.2) is 11.6 Å². The highest BCUT2D eigenvalue weighted by molar-refractivity contribution is 5.83. The summed E-state index contributed by atoms with van der Waals surface area (Å²) in [5.41, 5.74) is 1.20. The number of hydrogen-bond donors (Lipinski definition) is 1. The molecule has 0 bridgehead atoms. The van der Waals surface area contributed by atoms with Crippen molar-refractivity contribution in [3.63, 3.8) is 0 Å². The van der Waals surface area contributed by atoms with Gasteiger partial charge in [-0.1, -0.05) is 13.8 Å². The normalized spacial score (nSPS) is 15.2. The first-order valence-electron chi connectivity index (χ1n) is 7.63. The second kappa shape index (κ2) is 5.44. The lowest BCUT2D eigenvalue weighted by molar-refractivity contribution is 0.268. The van der Waals surface area contributed by atoms with E-state index in [1.807, 2.05) is 19.9 Å². The number of nitriles is 2. The van der Waals surface area contributed by atoms with Crippen LogP contribution in [0.1, 0.15) is 43.7 Å². The van der Waals surface area contributed by atoms with E-state index in [9.17, 15) is 10.1 Å². The second-order valence-electron chi connectivity index (χ2n) is 6.44. The van der Waals surface area contributed by atoms with Crippen molar-refractivity contribution >= 4 is 10.9 Å². The van der Waals surface area contributed by atoms with Crippen molar-refractivity contribution in [3.8, 4) is 17.9 Å². The summed E-state index contributed by atoms with van der Waals surface area (Å²) >= 11 is 0. The van der Waals surface area contributed by atoms with E-state index in [1.54, 1.807) is 12.1 Å². The van der Waals surface area contributed by atoms with Crippen molar-refractivity contribution in [1.29, 1.82) is 10.5 Å². The number of pyridine rings is 1. The van der Waals surface area contributed by atoms with Gasteiger partial charge >= 0.3 is 0 Å². The molecule has 0 spiro atoms. The molecule has 1 N–H and O–H groups in total. The minimum Gasteiger partial charge on any atom is -0.490 e. The first-order chi connectivity index (χ1) is 11.0. The zero-order chi connectivity index (χ0) is 16.6. The van der Waals surface area contributed by atoms with Crippen LogP contribution >= 0.6 is 0 Å². The molecule has 0 radical (unpaired) electrons. The van der Waals surface area contributed by atoms with Gasteiger partial charge in [0.25, 0.3) is 5.56 Å². The van der Waals surface area contributed by atoms with Crippen LogP contribution in [0.2, 0.25) is 0 Å². The van der Waals surface area contributed by atoms with E-state index in [4.69, 9.17) is 10.00 Å². The Labute approximate surface area is 134 Å². The Bertz CT molecular complexity index is 909. The van der Waals surface area contributed by atoms with Gasteiger partial charge in [0.15, 0.2) is 0 Å². The predicted molar refractivity (Wildman–Crippen MR) is 86.1 cm³/mol. The van der Waals surface area contributed by atoms with Gasteiger partial charge in [0.2, 0.25) is 0 Å². The molecule has 0 aliphatic heterocycles. The van der Waals surface area contributed by atoms with Gasteiger partial charge in [0.05, 0.1) is 22.6 Å². The number of benzene rings is 1. The second-order valence-corrected chi connectivity index (χ2v) is 6.44. The van der Waals surface area contributed by atoms with E-state index in [2.05, 4.69) is 17.1 Å². The maximum Gasteiger partial charge on any atom is 0.251 e. The Morgan fingerprint density at radius 3 is 2.61 bits per heavy atom. The largest absolute Gasteiger partial charge is 0.490 e. The minimum atomic E-state index is -0.406. The molecule has 5 nitrogen and oxygen atoms in total. The summed E-state index contributed by atoms with van der Waals surface area (Å²) in [6, 6.07) is 9.60. The smallest absolute Gasteiger partial charge is 0.251 e. The molecule has 3 rings (SSSR count). The summed E-state index contributed by atoms with van der Waals surface area (Å²) in [5, 5.41) is 19.3. The molecule has 5 heteroatoms. The maximum atomic E-state index is 12.1. The van der Waals surface area contributed by atoms with E-state index in [-0.39, 0.29) is 18.1 Å². The van der Waals surface area contributed by atoms with Crippen molar-refractivity contribution in [2.75, 3.05) is 6.61 Å². The number of aromatic amines is 1. The van der Waals surface area contributed by atoms with Crippen molar-refractivity contribution in [2.24, 2.45) is 5.41 Å². The van der Waals surface area contributed by atoms with Gasteiger partial charge in [0.1, 0.15) is 18.4 Å². The molecule has 0 amide bonds. The van der Waals surface area contributed by atoms with Gasteiger partial charge in [-0.15, -0.1) is 0 Å². The van der Waals surface area contributed by atoms with E-state index in [1.165, 1.54) is 0 Å². The molecule has 1 fully saturated rings. The third kappa shape index (κ3) is 2.78. The molecule has 1 aliphatic rings. The van der Waals surface area contributed by atoms with Gasteiger partial charge in [-0.2, -0.15) is 10.5 Å². The quantitative estimate of drug-likeness (QED) is 0.939. The molecule has 1 aliphatic carbocycles. The highest BCUT2D eigenvalue weighted by Gasteiger charge is 2.44. The molecule has 0 saturated heterocycles. The van der Waals surface area contributed by atoms with Gasteiger partial charge in [-0.05, 0) is 30.9 Å². The van der Waals surface area contributed by atoms with Crippen LogP contribution in [0, 0.1) is 28.1 Å². The summed E-state index contributed by atoms with van der Waals surface area (Å²) < 4.78 is 5.70. The van der Waals surface area contributed by atoms with E-state index in [0.717, 1.165) is 18.2 Å². The number of nitrogens with one attached hydrogen (secondary N) is 1. The molecule has 1 heterocycles. The van der Waals surface area contributed by atoms with E-state index >= 15 is 0 Å². The summed E-state index contributed by atoms with van der Waals surface area (Å²) in [4.78, 5) is 15.0. The lowest BCUT2D eigenvalue weighted by Crippen LogP contribution is -2.14. The number of nitrogens with zero attached hydrogens (tertiary/aromatic N) is 2. The average Bonchev–Trinajstić information content (AvgIpc) is 3.31. The number of H-pyrrole nitrogens is 1. The van der Waals surface area contributed by atoms with Crippen LogP contribution in [0.15, 0.2) is 23.0 Å². The summed E-state index contributed by atoms with van der Waals surface area (Å²) in [6.45, 7) is 4.18. The Kier molecular flexibility index (Phi) is 3.58. The van der Waals surface area contributed by atoms with Crippen LogP contribution in [0.5, 0.6) is 5.75 Å². The Morgan fingerprint density at radius 1 is 1.30 bits per heavy atom. The summed E-state index contributed by atoms with van der Waals surface area (Å²) in [5.74, 6) is 0.518. The number of aromatic nitrogens is 1. The molecule has 116 valence electrons. The molecular formula is C18H17N3O2. The van der Waals surface area contributed by atoms with E-state index in [0.29, 0.717) is 22.4 Å². The Balaban J connectivity index is 2.02. The zero-order valence-electron chi connectivity index (χ0n) is 13.1. The van der Waals surface area contributed by atoms with Crippen molar-refractivity contribution < 1.29 is 4.74 Å². The minimum absolute atomic E-state index is 0.106. The molecular weight excluding hydrogens is 290 g/mol. The lowest BCUT2D eigenvalue weighted by Gasteiger charge is -2.12. The SMILES string of the molecule is CC(C)c1cc2cc(C#N)c(OCC3(C#N)CC3)cc2[nH]c1=O. The van der Waals surface area contributed by atoms with Crippen molar-refractivity contribution in [3.05, 3.63) is 39.7 Å². The number of fused-ring (bicyclic) bond motifs is 1. The standard InChI is InChI=1S/C18H17N3O2/c1-11(2)14-6-12-5-13(8-19)16(7-15(12)21-17(14)22)23-10-18(9-20)3-4-18/h5-7,11H,3-4,10H2,1-2H3,(H,21,22). The topological polar surface area (TPSA) is 89.7 Å². The zero-order valence-corrected chi connectivity index (χ0v) is 13.1. The third-order valence-electron chi connectivity index (χ3n) is 4.31. The highest BCUT2D eigenvalue weighted by Crippen LogP contribution is 2.45. The molecule has 1 aromatic heterocycles. The fraction of sp³-hybridized carbons (Fsp3) is 0.389. The van der Waals surface area contributed by atoms with Crippen LogP contribution < -0.4 is 10.3 Å². The maximum absolute atomic E-state index is 12.1. The van der Waals surface area contributed by atoms with Crippen molar-refractivity contribution in [1.82, 2.24) is 4.98 Å². The Hall–Kier alpha value is -2.79. The van der Waals surface area contributed by atoms with Crippen LogP contribution in [-0.2, 0) is 0 Å². The molecule has 1 aromatic carbocycles. The fourth-order valence-corrected chi connectivity index (χ4v) is 2.54. The van der Waals surface area contributed by atoms with Gasteiger partial charge < -0.3 is 9.72 Å². The van der Waals surface area contributed by atoms with Crippen molar-refractivity contribution in [2.45, 2.75) is 32.6 Å². The first kappa shape index (κ1) is 15.1. The highest BCUT2D eigenvalue weighted by atomic mass is 16.5. The summed E-state index contributed by atoms with van der Waals surface area (Å²) in [7, 11) is 0. The molecule has 2 aromatic rings. The predicted octanol–water partition coefficient (Wildman–Crippen LogP) is 3.21. The molecule has 0 unspecified atom stereocenters. The van der Waals surface area contributed by atoms with Gasteiger partial charge in [0, 0.05) is 17.0 Å². The molecule has 23 heavy (non-hydrogen) atoms. The van der Waals surface area contributed by atoms with Gasteiger partial charge in [-0.25, -0.2) is 0 Å². The molecule has 1 saturated carbocycles. The van der Waals surface area contributed by atoms with Crippen LogP contribution in [0.25, 0.3) is 10.9 Å². The monoisotopic (exact) mass is 307 g/mol. The average molecular weight is 307 g/mol.